The van der Waals surface area contributed by atoms with Crippen LogP contribution in [0, 0.1) is 0 Å². The van der Waals surface area contributed by atoms with Crippen LogP contribution in [0.15, 0.2) is 42.5 Å². The van der Waals surface area contributed by atoms with Crippen LogP contribution in [-0.2, 0) is 27.8 Å². The summed E-state index contributed by atoms with van der Waals surface area (Å²) in [6, 6.07) is 11.9. The second kappa shape index (κ2) is 6.86. The van der Waals surface area contributed by atoms with Crippen LogP contribution in [0.5, 0.6) is 11.5 Å². The Labute approximate surface area is 157 Å². The summed E-state index contributed by atoms with van der Waals surface area (Å²) < 4.78 is 37.1. The molecule has 2 aliphatic heterocycles. The fourth-order valence-electron chi connectivity index (χ4n) is 3.38. The Morgan fingerprint density at radius 1 is 1.15 bits per heavy atom. The van der Waals surface area contributed by atoms with Gasteiger partial charge in [0, 0.05) is 18.3 Å². The van der Waals surface area contributed by atoms with Gasteiger partial charge in [0.1, 0.15) is 6.04 Å². The minimum Gasteiger partial charge on any atom is -0.454 e. The van der Waals surface area contributed by atoms with Crippen molar-refractivity contribution in [3.63, 3.8) is 0 Å². The number of anilines is 1. The van der Waals surface area contributed by atoms with Crippen LogP contribution in [0.25, 0.3) is 0 Å². The number of nitrogens with zero attached hydrogens (tertiary/aromatic N) is 1. The van der Waals surface area contributed by atoms with Gasteiger partial charge in [-0.3, -0.25) is 4.79 Å². The van der Waals surface area contributed by atoms with Crippen molar-refractivity contribution in [2.45, 2.75) is 25.9 Å². The molecule has 4 rings (SSSR count). The van der Waals surface area contributed by atoms with E-state index in [2.05, 4.69) is 5.32 Å². The molecule has 1 N–H and O–H groups in total. The Hall–Kier alpha value is -2.58. The molecule has 0 saturated carbocycles. The van der Waals surface area contributed by atoms with Crippen molar-refractivity contribution >= 4 is 21.6 Å². The maximum absolute atomic E-state index is 13.0. The van der Waals surface area contributed by atoms with Crippen LogP contribution in [0.3, 0.4) is 0 Å². The fourth-order valence-corrected chi connectivity index (χ4v) is 4.61. The molecule has 2 aromatic carbocycles. The van der Waals surface area contributed by atoms with E-state index < -0.39 is 16.1 Å². The quantitative estimate of drug-likeness (QED) is 0.867. The third-order valence-electron chi connectivity index (χ3n) is 4.87. The number of carbonyl (C=O) groups is 1. The third kappa shape index (κ3) is 3.38. The lowest BCUT2D eigenvalue weighted by atomic mass is 9.95. The van der Waals surface area contributed by atoms with Crippen LogP contribution in [-0.4, -0.2) is 37.2 Å². The van der Waals surface area contributed by atoms with Gasteiger partial charge in [0.25, 0.3) is 0 Å². The highest BCUT2D eigenvalue weighted by atomic mass is 32.2. The minimum absolute atomic E-state index is 0.0526. The summed E-state index contributed by atoms with van der Waals surface area (Å²) in [5, 5.41) is 2.82. The van der Waals surface area contributed by atoms with Crippen LogP contribution >= 0.6 is 0 Å². The van der Waals surface area contributed by atoms with Crippen molar-refractivity contribution < 1.29 is 22.7 Å². The lowest BCUT2D eigenvalue weighted by Gasteiger charge is -2.34. The highest BCUT2D eigenvalue weighted by molar-refractivity contribution is 7.89. The summed E-state index contributed by atoms with van der Waals surface area (Å²) in [4.78, 5) is 13.0. The van der Waals surface area contributed by atoms with Crippen molar-refractivity contribution in [1.29, 1.82) is 0 Å². The second-order valence-electron chi connectivity index (χ2n) is 6.49. The zero-order valence-corrected chi connectivity index (χ0v) is 15.7. The van der Waals surface area contributed by atoms with Gasteiger partial charge < -0.3 is 14.8 Å². The molecule has 7 nitrogen and oxygen atoms in total. The summed E-state index contributed by atoms with van der Waals surface area (Å²) in [5.74, 6) is 0.762. The highest BCUT2D eigenvalue weighted by Gasteiger charge is 2.38. The zero-order valence-electron chi connectivity index (χ0n) is 14.8. The molecule has 142 valence electrons. The number of fused-ring (bicyclic) bond motifs is 2. The van der Waals surface area contributed by atoms with Crippen molar-refractivity contribution in [3.05, 3.63) is 53.6 Å². The molecule has 2 heterocycles. The maximum Gasteiger partial charge on any atom is 0.243 e. The van der Waals surface area contributed by atoms with Gasteiger partial charge in [0.05, 0.1) is 5.75 Å². The van der Waals surface area contributed by atoms with E-state index >= 15 is 0 Å². The van der Waals surface area contributed by atoms with E-state index in [1.165, 1.54) is 4.31 Å². The third-order valence-corrected chi connectivity index (χ3v) is 6.70. The average molecular weight is 388 g/mol. The first-order valence-corrected chi connectivity index (χ1v) is 10.4. The van der Waals surface area contributed by atoms with Gasteiger partial charge in [-0.15, -0.1) is 0 Å². The van der Waals surface area contributed by atoms with E-state index in [-0.39, 0.29) is 25.0 Å². The number of sulfonamides is 1. The summed E-state index contributed by atoms with van der Waals surface area (Å²) >= 11 is 0. The summed E-state index contributed by atoms with van der Waals surface area (Å²) in [5.41, 5.74) is 2.46. The van der Waals surface area contributed by atoms with Crippen LogP contribution in [0.4, 0.5) is 5.69 Å². The first-order valence-electron chi connectivity index (χ1n) is 8.75. The summed E-state index contributed by atoms with van der Waals surface area (Å²) in [7, 11) is -3.53. The van der Waals surface area contributed by atoms with Crippen molar-refractivity contribution in [3.8, 4) is 11.5 Å². The number of amides is 1. The SMILES string of the molecule is CCS(=O)(=O)N1Cc2ccccc2C[C@H]1C(=O)Nc1ccc2c(c1)OCO2. The molecular formula is C19H20N2O5S. The van der Waals surface area contributed by atoms with Gasteiger partial charge in [-0.1, -0.05) is 24.3 Å². The lowest BCUT2D eigenvalue weighted by Crippen LogP contribution is -2.51. The van der Waals surface area contributed by atoms with E-state index in [1.54, 1.807) is 25.1 Å². The van der Waals surface area contributed by atoms with E-state index in [0.29, 0.717) is 23.6 Å². The number of hydrogen-bond acceptors (Lipinski definition) is 5. The van der Waals surface area contributed by atoms with Crippen LogP contribution in [0.2, 0.25) is 0 Å². The fraction of sp³-hybridized carbons (Fsp3) is 0.316. The monoisotopic (exact) mass is 388 g/mol. The molecule has 8 heteroatoms. The Kier molecular flexibility index (Phi) is 4.53. The van der Waals surface area contributed by atoms with Gasteiger partial charge in [-0.2, -0.15) is 4.31 Å². The maximum atomic E-state index is 13.0. The Bertz CT molecular complexity index is 989. The topological polar surface area (TPSA) is 84.9 Å². The number of ether oxygens (including phenoxy) is 2. The molecule has 0 aromatic heterocycles. The molecule has 27 heavy (non-hydrogen) atoms. The lowest BCUT2D eigenvalue weighted by molar-refractivity contribution is -0.120. The van der Waals surface area contributed by atoms with Crippen molar-refractivity contribution in [1.82, 2.24) is 4.31 Å². The van der Waals surface area contributed by atoms with Gasteiger partial charge in [-0.05, 0) is 36.6 Å². The molecule has 0 bridgehead atoms. The molecule has 0 saturated heterocycles. The molecule has 0 radical (unpaired) electrons. The predicted molar refractivity (Wildman–Crippen MR) is 100 cm³/mol. The largest absolute Gasteiger partial charge is 0.454 e. The van der Waals surface area contributed by atoms with E-state index in [0.717, 1.165) is 11.1 Å². The number of benzene rings is 2. The van der Waals surface area contributed by atoms with Crippen LogP contribution < -0.4 is 14.8 Å². The highest BCUT2D eigenvalue weighted by Crippen LogP contribution is 2.34. The molecule has 1 amide bonds. The summed E-state index contributed by atoms with van der Waals surface area (Å²) in [6.07, 6.45) is 0.339. The van der Waals surface area contributed by atoms with Gasteiger partial charge in [0.2, 0.25) is 22.7 Å². The molecule has 2 aromatic rings. The smallest absolute Gasteiger partial charge is 0.243 e. The van der Waals surface area contributed by atoms with Crippen LogP contribution in [0.1, 0.15) is 18.1 Å². The minimum atomic E-state index is -3.53. The van der Waals surface area contributed by atoms with Gasteiger partial charge in [0.15, 0.2) is 11.5 Å². The molecule has 1 atom stereocenters. The Morgan fingerprint density at radius 2 is 1.89 bits per heavy atom. The number of rotatable bonds is 4. The first kappa shape index (κ1) is 17.8. The van der Waals surface area contributed by atoms with Gasteiger partial charge in [-0.25, -0.2) is 8.42 Å². The molecule has 0 spiro atoms. The van der Waals surface area contributed by atoms with Crippen molar-refractivity contribution in [2.75, 3.05) is 17.9 Å². The molecule has 0 fully saturated rings. The van der Waals surface area contributed by atoms with Gasteiger partial charge >= 0.3 is 0 Å². The number of nitrogens with one attached hydrogen (secondary N) is 1. The Balaban J connectivity index is 1.62. The molecule has 0 unspecified atom stereocenters. The Morgan fingerprint density at radius 3 is 2.67 bits per heavy atom. The normalized spacial score (nSPS) is 18.8. The van der Waals surface area contributed by atoms with Crippen molar-refractivity contribution in [2.24, 2.45) is 0 Å². The standard InChI is InChI=1S/C19H20N2O5S/c1-2-27(23,24)21-11-14-6-4-3-5-13(14)9-16(21)19(22)20-15-7-8-17-18(10-15)26-12-25-17/h3-8,10,16H,2,9,11-12H2,1H3,(H,20,22)/t16-/m0/s1. The zero-order chi connectivity index (χ0) is 19.0. The molecule has 0 aliphatic carbocycles. The second-order valence-corrected chi connectivity index (χ2v) is 8.70. The summed E-state index contributed by atoms with van der Waals surface area (Å²) in [6.45, 7) is 1.93. The van der Waals surface area contributed by atoms with E-state index in [1.807, 2.05) is 24.3 Å². The number of carbonyl (C=O) groups excluding carboxylic acids is 1. The number of hydrogen-bond donors (Lipinski definition) is 1. The first-order chi connectivity index (χ1) is 13.0. The average Bonchev–Trinajstić information content (AvgIpc) is 3.14. The predicted octanol–water partition coefficient (Wildman–Crippen LogP) is 2.13. The van der Waals surface area contributed by atoms with E-state index in [4.69, 9.17) is 9.47 Å². The molecular weight excluding hydrogens is 368 g/mol. The van der Waals surface area contributed by atoms with E-state index in [9.17, 15) is 13.2 Å². The molecule has 2 aliphatic rings.